The Balaban J connectivity index is 1.48. The summed E-state index contributed by atoms with van der Waals surface area (Å²) in [6, 6.07) is 27.1. The second-order valence-electron chi connectivity index (χ2n) is 15.1. The fraction of sp³-hybridized carbons (Fsp3) is 0.512. The summed E-state index contributed by atoms with van der Waals surface area (Å²) in [5.41, 5.74) is 1.44. The van der Waals surface area contributed by atoms with Gasteiger partial charge in [0.2, 0.25) is 0 Å². The Morgan fingerprint density at radius 2 is 1.40 bits per heavy atom. The fourth-order valence-corrected chi connectivity index (χ4v) is 7.78. The molecule has 0 spiro atoms. The maximum absolute atomic E-state index is 13.5. The Morgan fingerprint density at radius 3 is 2.11 bits per heavy atom. The standard InChI is InChI=1S/C41H56N2O4/c1-7-8-9-10-11-18-27-36(43-38(45)46-33-23-16-13-17-24-33)41(6)29-32(28-39(2,3)30-41)42-37(44)47-35-26-20-19-25-34(35)40(4,5)31-21-14-12-15-22-31/h12-17,19-26,32,36H,7-11,18,27-30H2,1-6H3,(H,42,44)(H,43,45). The number of unbranched alkanes of at least 4 members (excludes halogenated alkanes) is 5. The largest absolute Gasteiger partial charge is 0.412 e. The summed E-state index contributed by atoms with van der Waals surface area (Å²) in [5.74, 6) is 1.08. The number of amides is 2. The van der Waals surface area contributed by atoms with Crippen molar-refractivity contribution in [1.29, 1.82) is 0 Å². The highest BCUT2D eigenvalue weighted by molar-refractivity contribution is 5.72. The number of hydrogen-bond acceptors (Lipinski definition) is 4. The Labute approximate surface area is 283 Å². The summed E-state index contributed by atoms with van der Waals surface area (Å²) in [7, 11) is 0. The number of rotatable bonds is 14. The number of benzene rings is 3. The van der Waals surface area contributed by atoms with Gasteiger partial charge >= 0.3 is 12.2 Å². The zero-order valence-corrected chi connectivity index (χ0v) is 29.4. The van der Waals surface area contributed by atoms with Gasteiger partial charge in [0.15, 0.2) is 0 Å². The first-order chi connectivity index (χ1) is 22.4. The Bertz CT molecular complexity index is 1420. The second-order valence-corrected chi connectivity index (χ2v) is 15.1. The van der Waals surface area contributed by atoms with Gasteiger partial charge in [-0.3, -0.25) is 0 Å². The van der Waals surface area contributed by atoms with Crippen LogP contribution in [0.5, 0.6) is 11.5 Å². The molecule has 3 aromatic carbocycles. The Kier molecular flexibility index (Phi) is 12.5. The highest BCUT2D eigenvalue weighted by atomic mass is 16.6. The van der Waals surface area contributed by atoms with Crippen molar-refractivity contribution in [2.24, 2.45) is 10.8 Å². The van der Waals surface area contributed by atoms with E-state index in [1.54, 1.807) is 12.1 Å². The van der Waals surface area contributed by atoms with Crippen LogP contribution in [-0.4, -0.2) is 24.3 Å². The SMILES string of the molecule is CCCCCCCCC(NC(=O)Oc1ccccc1)C1(C)CC(NC(=O)Oc2ccccc2C(C)(C)c2ccccc2)CC(C)(C)C1. The van der Waals surface area contributed by atoms with Gasteiger partial charge in [-0.2, -0.15) is 0 Å². The molecule has 1 aliphatic rings. The van der Waals surface area contributed by atoms with E-state index in [4.69, 9.17) is 9.47 Å². The number of ether oxygens (including phenoxy) is 2. The molecule has 1 aliphatic carbocycles. The number of nitrogens with one attached hydrogen (secondary N) is 2. The molecule has 6 heteroatoms. The molecular formula is C41H56N2O4. The van der Waals surface area contributed by atoms with Gasteiger partial charge in [-0.05, 0) is 60.3 Å². The van der Waals surface area contributed by atoms with Gasteiger partial charge in [-0.25, -0.2) is 9.59 Å². The normalized spacial score (nSPS) is 19.7. The van der Waals surface area contributed by atoms with Crippen LogP contribution in [0.25, 0.3) is 0 Å². The van der Waals surface area contributed by atoms with E-state index in [-0.39, 0.29) is 28.3 Å². The minimum atomic E-state index is -0.449. The van der Waals surface area contributed by atoms with Crippen molar-refractivity contribution in [2.75, 3.05) is 0 Å². The van der Waals surface area contributed by atoms with Crippen molar-refractivity contribution in [3.8, 4) is 11.5 Å². The maximum atomic E-state index is 13.5. The number of carbonyl (C=O) groups is 2. The lowest BCUT2D eigenvalue weighted by molar-refractivity contribution is 0.0365. The minimum Gasteiger partial charge on any atom is -0.410 e. The molecule has 3 unspecified atom stereocenters. The molecule has 3 aromatic rings. The van der Waals surface area contributed by atoms with E-state index in [0.29, 0.717) is 11.5 Å². The van der Waals surface area contributed by atoms with Gasteiger partial charge < -0.3 is 20.1 Å². The quantitative estimate of drug-likeness (QED) is 0.172. The van der Waals surface area contributed by atoms with Crippen molar-refractivity contribution in [2.45, 2.75) is 123 Å². The molecule has 4 rings (SSSR count). The predicted octanol–water partition coefficient (Wildman–Crippen LogP) is 10.6. The first-order valence-electron chi connectivity index (χ1n) is 17.6. The van der Waals surface area contributed by atoms with Gasteiger partial charge in [0, 0.05) is 23.1 Å². The van der Waals surface area contributed by atoms with Crippen LogP contribution in [-0.2, 0) is 5.41 Å². The summed E-state index contributed by atoms with van der Waals surface area (Å²) in [6.45, 7) is 13.3. The van der Waals surface area contributed by atoms with Crippen LogP contribution in [0.1, 0.15) is 117 Å². The summed E-state index contributed by atoms with van der Waals surface area (Å²) < 4.78 is 11.7. The molecule has 0 bridgehead atoms. The first kappa shape index (κ1) is 36.0. The predicted molar refractivity (Wildman–Crippen MR) is 191 cm³/mol. The molecule has 2 N–H and O–H groups in total. The van der Waals surface area contributed by atoms with Crippen LogP contribution in [0.4, 0.5) is 9.59 Å². The summed E-state index contributed by atoms with van der Waals surface area (Å²) in [5, 5.41) is 6.49. The molecule has 3 atom stereocenters. The average molecular weight is 641 g/mol. The molecule has 2 amide bonds. The molecule has 0 saturated heterocycles. The molecular weight excluding hydrogens is 584 g/mol. The number of hydrogen-bond donors (Lipinski definition) is 2. The third-order valence-electron chi connectivity index (χ3n) is 9.91. The zero-order valence-electron chi connectivity index (χ0n) is 29.4. The van der Waals surface area contributed by atoms with E-state index in [9.17, 15) is 9.59 Å². The van der Waals surface area contributed by atoms with Gasteiger partial charge in [-0.1, -0.05) is 147 Å². The van der Waals surface area contributed by atoms with Crippen molar-refractivity contribution in [3.63, 3.8) is 0 Å². The minimum absolute atomic E-state index is 0.0530. The van der Waals surface area contributed by atoms with E-state index in [1.165, 1.54) is 25.7 Å². The summed E-state index contributed by atoms with van der Waals surface area (Å²) in [4.78, 5) is 26.7. The molecule has 254 valence electrons. The average Bonchev–Trinajstić information content (AvgIpc) is 3.02. The molecule has 0 radical (unpaired) electrons. The van der Waals surface area contributed by atoms with Crippen molar-refractivity contribution in [1.82, 2.24) is 10.6 Å². The second kappa shape index (κ2) is 16.3. The van der Waals surface area contributed by atoms with Crippen LogP contribution in [0, 0.1) is 10.8 Å². The smallest absolute Gasteiger partial charge is 0.410 e. The molecule has 0 aromatic heterocycles. The lowest BCUT2D eigenvalue weighted by Gasteiger charge is -2.50. The molecule has 6 nitrogen and oxygen atoms in total. The number of carbonyl (C=O) groups excluding carboxylic acids is 2. The highest BCUT2D eigenvalue weighted by Crippen LogP contribution is 2.49. The molecule has 0 heterocycles. The van der Waals surface area contributed by atoms with E-state index in [2.05, 4.69) is 64.3 Å². The molecule has 1 saturated carbocycles. The topological polar surface area (TPSA) is 76.7 Å². The van der Waals surface area contributed by atoms with Crippen LogP contribution in [0.2, 0.25) is 0 Å². The van der Waals surface area contributed by atoms with Crippen LogP contribution < -0.4 is 20.1 Å². The Morgan fingerprint density at radius 1 is 0.787 bits per heavy atom. The van der Waals surface area contributed by atoms with Crippen LogP contribution in [0.3, 0.4) is 0 Å². The monoisotopic (exact) mass is 640 g/mol. The van der Waals surface area contributed by atoms with Crippen LogP contribution >= 0.6 is 0 Å². The van der Waals surface area contributed by atoms with Crippen molar-refractivity contribution < 1.29 is 19.1 Å². The van der Waals surface area contributed by atoms with E-state index >= 15 is 0 Å². The molecule has 0 aliphatic heterocycles. The van der Waals surface area contributed by atoms with Gasteiger partial charge in [0.05, 0.1) is 0 Å². The third kappa shape index (κ3) is 10.3. The van der Waals surface area contributed by atoms with E-state index < -0.39 is 12.2 Å². The lowest BCUT2D eigenvalue weighted by atomic mass is 9.59. The molecule has 47 heavy (non-hydrogen) atoms. The van der Waals surface area contributed by atoms with Crippen molar-refractivity contribution >= 4 is 12.2 Å². The Hall–Kier alpha value is -3.80. The van der Waals surface area contributed by atoms with E-state index in [1.807, 2.05) is 60.7 Å². The zero-order chi connectivity index (χ0) is 33.9. The van der Waals surface area contributed by atoms with Gasteiger partial charge in [-0.15, -0.1) is 0 Å². The van der Waals surface area contributed by atoms with Crippen molar-refractivity contribution in [3.05, 3.63) is 96.1 Å². The summed E-state index contributed by atoms with van der Waals surface area (Å²) in [6.07, 6.45) is 9.56. The number of para-hydroxylation sites is 2. The van der Waals surface area contributed by atoms with Gasteiger partial charge in [0.1, 0.15) is 11.5 Å². The summed E-state index contributed by atoms with van der Waals surface area (Å²) >= 11 is 0. The fourth-order valence-electron chi connectivity index (χ4n) is 7.78. The maximum Gasteiger partial charge on any atom is 0.412 e. The van der Waals surface area contributed by atoms with E-state index in [0.717, 1.165) is 49.7 Å². The van der Waals surface area contributed by atoms with Gasteiger partial charge in [0.25, 0.3) is 0 Å². The highest BCUT2D eigenvalue weighted by Gasteiger charge is 2.46. The third-order valence-corrected chi connectivity index (χ3v) is 9.91. The van der Waals surface area contributed by atoms with Crippen LogP contribution in [0.15, 0.2) is 84.9 Å². The molecule has 1 fully saturated rings. The lowest BCUT2D eigenvalue weighted by Crippen LogP contribution is -2.55. The first-order valence-corrected chi connectivity index (χ1v) is 17.6.